The van der Waals surface area contributed by atoms with Crippen molar-refractivity contribution in [2.45, 2.75) is 46.6 Å². The lowest BCUT2D eigenvalue weighted by Gasteiger charge is -2.34. The highest BCUT2D eigenvalue weighted by Gasteiger charge is 2.29. The summed E-state index contributed by atoms with van der Waals surface area (Å²) in [7, 11) is 0. The van der Waals surface area contributed by atoms with Crippen LogP contribution in [0.1, 0.15) is 51.4 Å². The molecule has 0 radical (unpaired) electrons. The summed E-state index contributed by atoms with van der Waals surface area (Å²) < 4.78 is 21.4. The first-order chi connectivity index (χ1) is 16.0. The molecule has 2 aromatic heterocycles. The van der Waals surface area contributed by atoms with E-state index in [0.717, 1.165) is 24.0 Å². The number of anilines is 1. The van der Waals surface area contributed by atoms with E-state index in [1.165, 1.54) is 18.2 Å². The van der Waals surface area contributed by atoms with E-state index in [1.54, 1.807) is 12.1 Å². The number of carbonyl (C=O) groups is 1. The molecule has 6 heteroatoms. The van der Waals surface area contributed by atoms with E-state index in [2.05, 4.69) is 39.9 Å². The molecule has 1 N–H and O–H groups in total. The van der Waals surface area contributed by atoms with E-state index in [4.69, 9.17) is 9.72 Å². The number of nitrogens with one attached hydrogen (secondary N) is 1. The molecular weight excluding hydrogens is 429 g/mol. The number of halogens is 1. The number of fused-ring (bicyclic) bond motifs is 1. The van der Waals surface area contributed by atoms with Crippen LogP contribution in [0.3, 0.4) is 0 Å². The quantitative estimate of drug-likeness (QED) is 0.249. The normalized spacial score (nSPS) is 12.1. The standard InChI is InChI=1S/C28H30FN3O2/c1-27(2,3)18-28(4,5)31-25-24(30-23-15-8-9-16-32(23)25)21-13-6-7-14-22(21)34-26(33)19-11-10-12-20(29)17-19/h6-17,31H,18H2,1-5H3. The molecule has 0 saturated carbocycles. The minimum Gasteiger partial charge on any atom is -0.422 e. The molecule has 0 spiro atoms. The van der Waals surface area contributed by atoms with E-state index in [1.807, 2.05) is 40.9 Å². The van der Waals surface area contributed by atoms with Crippen molar-refractivity contribution >= 4 is 17.4 Å². The van der Waals surface area contributed by atoms with Crippen LogP contribution in [0.5, 0.6) is 5.75 Å². The van der Waals surface area contributed by atoms with Crippen LogP contribution in [0.25, 0.3) is 16.9 Å². The second-order valence-electron chi connectivity index (χ2n) is 10.4. The Hall–Kier alpha value is -3.67. The Labute approximate surface area is 199 Å². The van der Waals surface area contributed by atoms with E-state index in [-0.39, 0.29) is 16.5 Å². The van der Waals surface area contributed by atoms with Crippen molar-refractivity contribution in [1.82, 2.24) is 9.38 Å². The Morgan fingerprint density at radius 3 is 2.47 bits per heavy atom. The highest BCUT2D eigenvalue weighted by atomic mass is 19.1. The lowest BCUT2D eigenvalue weighted by atomic mass is 9.82. The molecule has 0 unspecified atom stereocenters. The number of nitrogens with zero attached hydrogens (tertiary/aromatic N) is 2. The van der Waals surface area contributed by atoms with Crippen molar-refractivity contribution in [3.63, 3.8) is 0 Å². The lowest BCUT2D eigenvalue weighted by Crippen LogP contribution is -2.36. The average molecular weight is 460 g/mol. The first kappa shape index (κ1) is 23.5. The number of aromatic nitrogens is 2. The molecule has 0 aliphatic rings. The number of hydrogen-bond acceptors (Lipinski definition) is 4. The molecule has 5 nitrogen and oxygen atoms in total. The maximum atomic E-state index is 13.6. The number of pyridine rings is 1. The van der Waals surface area contributed by atoms with Crippen LogP contribution in [0, 0.1) is 11.2 Å². The van der Waals surface area contributed by atoms with Crippen LogP contribution in [0.15, 0.2) is 72.9 Å². The third-order valence-electron chi connectivity index (χ3n) is 5.36. The van der Waals surface area contributed by atoms with Gasteiger partial charge >= 0.3 is 5.97 Å². The Bertz CT molecular complexity index is 1330. The Kier molecular flexibility index (Phi) is 6.17. The van der Waals surface area contributed by atoms with E-state index >= 15 is 0 Å². The topological polar surface area (TPSA) is 55.6 Å². The van der Waals surface area contributed by atoms with Gasteiger partial charge in [0.1, 0.15) is 28.7 Å². The van der Waals surface area contributed by atoms with Crippen LogP contribution in [0.4, 0.5) is 10.2 Å². The first-order valence-electron chi connectivity index (χ1n) is 11.3. The lowest BCUT2D eigenvalue weighted by molar-refractivity contribution is 0.0735. The Morgan fingerprint density at radius 2 is 1.74 bits per heavy atom. The van der Waals surface area contributed by atoms with Crippen molar-refractivity contribution in [1.29, 1.82) is 0 Å². The molecule has 176 valence electrons. The van der Waals surface area contributed by atoms with Gasteiger partial charge in [0.2, 0.25) is 0 Å². The summed E-state index contributed by atoms with van der Waals surface area (Å²) in [5.41, 5.74) is 2.16. The molecule has 4 rings (SSSR count). The molecular formula is C28H30FN3O2. The van der Waals surface area contributed by atoms with Crippen LogP contribution in [0.2, 0.25) is 0 Å². The van der Waals surface area contributed by atoms with Gasteiger partial charge in [0, 0.05) is 17.3 Å². The van der Waals surface area contributed by atoms with Crippen molar-refractivity contribution < 1.29 is 13.9 Å². The molecule has 0 saturated heterocycles. The Morgan fingerprint density at radius 1 is 1.00 bits per heavy atom. The smallest absolute Gasteiger partial charge is 0.343 e. The van der Waals surface area contributed by atoms with Crippen LogP contribution in [-0.4, -0.2) is 20.9 Å². The van der Waals surface area contributed by atoms with Gasteiger partial charge in [-0.3, -0.25) is 4.40 Å². The van der Waals surface area contributed by atoms with E-state index in [9.17, 15) is 9.18 Å². The zero-order valence-corrected chi connectivity index (χ0v) is 20.2. The van der Waals surface area contributed by atoms with Gasteiger partial charge in [0.25, 0.3) is 0 Å². The summed E-state index contributed by atoms with van der Waals surface area (Å²) in [6, 6.07) is 18.6. The fourth-order valence-electron chi connectivity index (χ4n) is 4.52. The maximum absolute atomic E-state index is 13.6. The minimum atomic E-state index is -0.627. The number of ether oxygens (including phenoxy) is 1. The van der Waals surface area contributed by atoms with Gasteiger partial charge in [0.15, 0.2) is 0 Å². The number of hydrogen-bond donors (Lipinski definition) is 1. The molecule has 0 fully saturated rings. The number of rotatable bonds is 6. The fraction of sp³-hybridized carbons (Fsp3) is 0.286. The van der Waals surface area contributed by atoms with Gasteiger partial charge in [-0.1, -0.05) is 45.0 Å². The summed E-state index contributed by atoms with van der Waals surface area (Å²) in [4.78, 5) is 17.6. The SMILES string of the molecule is CC(C)(C)CC(C)(C)Nc1c(-c2ccccc2OC(=O)c2cccc(F)c2)nc2ccccn12. The van der Waals surface area contributed by atoms with Crippen LogP contribution < -0.4 is 10.1 Å². The molecule has 0 amide bonds. The highest BCUT2D eigenvalue weighted by molar-refractivity contribution is 5.92. The van der Waals surface area contributed by atoms with Crippen molar-refractivity contribution in [3.05, 3.63) is 84.3 Å². The summed E-state index contributed by atoms with van der Waals surface area (Å²) in [5.74, 6) is 0.0601. The summed E-state index contributed by atoms with van der Waals surface area (Å²) in [6.45, 7) is 11.0. The minimum absolute atomic E-state index is 0.121. The van der Waals surface area contributed by atoms with Crippen molar-refractivity contribution in [2.75, 3.05) is 5.32 Å². The number of esters is 1. The number of imidazole rings is 1. The molecule has 0 aliphatic carbocycles. The molecule has 0 bridgehead atoms. The van der Waals surface area contributed by atoms with Gasteiger partial charge in [-0.05, 0) is 68.1 Å². The summed E-state index contributed by atoms with van der Waals surface area (Å²) in [5, 5.41) is 3.69. The molecule has 2 aromatic carbocycles. The second-order valence-corrected chi connectivity index (χ2v) is 10.4. The molecule has 34 heavy (non-hydrogen) atoms. The fourth-order valence-corrected chi connectivity index (χ4v) is 4.52. The largest absolute Gasteiger partial charge is 0.422 e. The molecule has 4 aromatic rings. The monoisotopic (exact) mass is 459 g/mol. The molecule has 0 aliphatic heterocycles. The van der Waals surface area contributed by atoms with Gasteiger partial charge in [-0.25, -0.2) is 14.2 Å². The number of carbonyl (C=O) groups excluding carboxylic acids is 1. The van der Waals surface area contributed by atoms with Crippen molar-refractivity contribution in [2.24, 2.45) is 5.41 Å². The van der Waals surface area contributed by atoms with E-state index in [0.29, 0.717) is 17.0 Å². The first-order valence-corrected chi connectivity index (χ1v) is 11.3. The van der Waals surface area contributed by atoms with Crippen LogP contribution in [-0.2, 0) is 0 Å². The summed E-state index contributed by atoms with van der Waals surface area (Å²) in [6.07, 6.45) is 2.89. The van der Waals surface area contributed by atoms with Gasteiger partial charge in [-0.15, -0.1) is 0 Å². The molecule has 2 heterocycles. The average Bonchev–Trinajstić information content (AvgIpc) is 3.10. The predicted octanol–water partition coefficient (Wildman–Crippen LogP) is 6.99. The third-order valence-corrected chi connectivity index (χ3v) is 5.36. The highest BCUT2D eigenvalue weighted by Crippen LogP contribution is 2.38. The zero-order valence-electron chi connectivity index (χ0n) is 20.2. The predicted molar refractivity (Wildman–Crippen MR) is 134 cm³/mol. The summed E-state index contributed by atoms with van der Waals surface area (Å²) >= 11 is 0. The zero-order chi connectivity index (χ0) is 24.5. The molecule has 0 atom stereocenters. The Balaban J connectivity index is 1.77. The number of para-hydroxylation sites is 1. The van der Waals surface area contributed by atoms with Gasteiger partial charge in [0.05, 0.1) is 5.56 Å². The van der Waals surface area contributed by atoms with Crippen LogP contribution >= 0.6 is 0 Å². The third kappa shape index (κ3) is 5.28. The maximum Gasteiger partial charge on any atom is 0.343 e. The van der Waals surface area contributed by atoms with Gasteiger partial charge < -0.3 is 10.1 Å². The number of benzene rings is 2. The van der Waals surface area contributed by atoms with Gasteiger partial charge in [-0.2, -0.15) is 0 Å². The van der Waals surface area contributed by atoms with E-state index < -0.39 is 11.8 Å². The van der Waals surface area contributed by atoms with Crippen molar-refractivity contribution in [3.8, 4) is 17.0 Å². The second kappa shape index (κ2) is 8.93.